The lowest BCUT2D eigenvalue weighted by Crippen LogP contribution is -2.02. The van der Waals surface area contributed by atoms with E-state index >= 15 is 0 Å². The van der Waals surface area contributed by atoms with Crippen LogP contribution in [-0.2, 0) is 11.3 Å². The molecular weight excluding hydrogens is 342 g/mol. The second-order valence-electron chi connectivity index (χ2n) is 4.17. The number of ether oxygens (including phenoxy) is 1. The summed E-state index contributed by atoms with van der Waals surface area (Å²) in [5.41, 5.74) is 2.54. The van der Waals surface area contributed by atoms with Gasteiger partial charge in [0.2, 0.25) is 0 Å². The van der Waals surface area contributed by atoms with Crippen molar-refractivity contribution in [1.29, 1.82) is 0 Å². The van der Waals surface area contributed by atoms with Gasteiger partial charge in [0.25, 0.3) is 0 Å². The molecule has 0 amide bonds. The van der Waals surface area contributed by atoms with Gasteiger partial charge in [-0.05, 0) is 57.9 Å². The van der Waals surface area contributed by atoms with Gasteiger partial charge in [-0.25, -0.2) is 4.79 Å². The summed E-state index contributed by atoms with van der Waals surface area (Å²) in [4.78, 5) is 11.3. The van der Waals surface area contributed by atoms with Crippen molar-refractivity contribution in [3.8, 4) is 0 Å². The third kappa shape index (κ3) is 3.74. The quantitative estimate of drug-likeness (QED) is 0.822. The predicted molar refractivity (Wildman–Crippen MR) is 84.3 cm³/mol. The van der Waals surface area contributed by atoms with Crippen LogP contribution < -0.4 is 5.32 Å². The Bertz CT molecular complexity index is 614. The van der Waals surface area contributed by atoms with Crippen LogP contribution in [0.1, 0.15) is 15.9 Å². The number of rotatable bonds is 4. The minimum Gasteiger partial charge on any atom is -0.465 e. The lowest BCUT2D eigenvalue weighted by molar-refractivity contribution is 0.0601. The highest BCUT2D eigenvalue weighted by atomic mass is 79.9. The van der Waals surface area contributed by atoms with Gasteiger partial charge >= 0.3 is 5.97 Å². The van der Waals surface area contributed by atoms with E-state index in [1.807, 2.05) is 30.3 Å². The van der Waals surface area contributed by atoms with Gasteiger partial charge in [0.05, 0.1) is 17.7 Å². The van der Waals surface area contributed by atoms with Crippen molar-refractivity contribution in [3.05, 3.63) is 63.1 Å². The summed E-state index contributed by atoms with van der Waals surface area (Å²) < 4.78 is 5.53. The summed E-state index contributed by atoms with van der Waals surface area (Å²) in [6.07, 6.45) is 0. The van der Waals surface area contributed by atoms with Crippen molar-refractivity contribution in [1.82, 2.24) is 0 Å². The van der Waals surface area contributed by atoms with Crippen molar-refractivity contribution in [2.24, 2.45) is 0 Å². The van der Waals surface area contributed by atoms with Crippen LogP contribution in [0.4, 0.5) is 5.69 Å². The molecule has 2 aromatic carbocycles. The van der Waals surface area contributed by atoms with Crippen LogP contribution in [0.3, 0.4) is 0 Å². The monoisotopic (exact) mass is 353 g/mol. The van der Waals surface area contributed by atoms with Crippen LogP contribution in [0, 0.1) is 0 Å². The highest BCUT2D eigenvalue weighted by molar-refractivity contribution is 9.10. The van der Waals surface area contributed by atoms with Crippen LogP contribution in [0.15, 0.2) is 46.9 Å². The zero-order chi connectivity index (χ0) is 14.5. The number of nitrogens with one attached hydrogen (secondary N) is 1. The number of halogens is 2. The Morgan fingerprint density at radius 1 is 1.25 bits per heavy atom. The molecule has 1 N–H and O–H groups in total. The molecule has 0 aromatic heterocycles. The van der Waals surface area contributed by atoms with Crippen molar-refractivity contribution in [2.75, 3.05) is 12.4 Å². The molecular formula is C15H13BrClNO2. The molecule has 0 fully saturated rings. The molecule has 2 rings (SSSR count). The minimum absolute atomic E-state index is 0.337. The molecule has 0 aliphatic rings. The van der Waals surface area contributed by atoms with E-state index in [4.69, 9.17) is 11.6 Å². The van der Waals surface area contributed by atoms with E-state index in [0.717, 1.165) is 15.7 Å². The second-order valence-corrected chi connectivity index (χ2v) is 5.43. The van der Waals surface area contributed by atoms with Crippen LogP contribution in [0.25, 0.3) is 0 Å². The molecule has 0 atom stereocenters. The van der Waals surface area contributed by atoms with Crippen molar-refractivity contribution >= 4 is 39.2 Å². The first-order valence-corrected chi connectivity index (χ1v) is 7.13. The van der Waals surface area contributed by atoms with Crippen molar-refractivity contribution < 1.29 is 9.53 Å². The molecule has 0 aliphatic heterocycles. The van der Waals surface area contributed by atoms with Gasteiger partial charge in [0.15, 0.2) is 0 Å². The fraction of sp³-hybridized carbons (Fsp3) is 0.133. The molecule has 0 unspecified atom stereocenters. The maximum atomic E-state index is 11.3. The number of hydrogen-bond donors (Lipinski definition) is 1. The van der Waals surface area contributed by atoms with E-state index in [2.05, 4.69) is 26.0 Å². The van der Waals surface area contributed by atoms with Crippen LogP contribution in [0.5, 0.6) is 0 Å². The van der Waals surface area contributed by atoms with Gasteiger partial charge < -0.3 is 10.1 Å². The molecule has 0 aliphatic carbocycles. The Morgan fingerprint density at radius 2 is 1.95 bits per heavy atom. The number of anilines is 1. The second kappa shape index (κ2) is 6.77. The summed E-state index contributed by atoms with van der Waals surface area (Å²) in [7, 11) is 1.37. The predicted octanol–water partition coefficient (Wildman–Crippen LogP) is 4.50. The van der Waals surface area contributed by atoms with E-state index in [-0.39, 0.29) is 5.97 Å². The Hall–Kier alpha value is -1.52. The summed E-state index contributed by atoms with van der Waals surface area (Å²) in [6.45, 7) is 0.657. The molecule has 0 bridgehead atoms. The van der Waals surface area contributed by atoms with Crippen LogP contribution in [0.2, 0.25) is 5.02 Å². The molecule has 2 aromatic rings. The van der Waals surface area contributed by atoms with Crippen molar-refractivity contribution in [3.63, 3.8) is 0 Å². The molecule has 0 heterocycles. The lowest BCUT2D eigenvalue weighted by atomic mass is 10.2. The van der Waals surface area contributed by atoms with E-state index in [1.165, 1.54) is 7.11 Å². The molecule has 0 radical (unpaired) electrons. The molecule has 0 saturated carbocycles. The maximum absolute atomic E-state index is 11.3. The number of hydrogen-bond acceptors (Lipinski definition) is 3. The summed E-state index contributed by atoms with van der Waals surface area (Å²) in [6, 6.07) is 12.9. The van der Waals surface area contributed by atoms with E-state index in [1.54, 1.807) is 12.1 Å². The molecule has 0 saturated heterocycles. The molecule has 5 heteroatoms. The first-order chi connectivity index (χ1) is 9.60. The SMILES string of the molecule is COC(=O)c1ccc(NCc2ccc(Br)c(Cl)c2)cc1. The van der Waals surface area contributed by atoms with Gasteiger partial charge in [-0.15, -0.1) is 0 Å². The number of carbonyl (C=O) groups excluding carboxylic acids is 1. The first-order valence-electron chi connectivity index (χ1n) is 5.96. The Balaban J connectivity index is 2.00. The normalized spacial score (nSPS) is 10.2. The number of methoxy groups -OCH3 is 1. The fourth-order valence-electron chi connectivity index (χ4n) is 1.70. The molecule has 104 valence electrons. The number of carbonyl (C=O) groups is 1. The molecule has 0 spiro atoms. The van der Waals surface area contributed by atoms with Crippen LogP contribution >= 0.6 is 27.5 Å². The third-order valence-electron chi connectivity index (χ3n) is 2.79. The van der Waals surface area contributed by atoms with E-state index in [0.29, 0.717) is 17.1 Å². The van der Waals surface area contributed by atoms with Gasteiger partial charge in [-0.2, -0.15) is 0 Å². The van der Waals surface area contributed by atoms with E-state index in [9.17, 15) is 4.79 Å². The van der Waals surface area contributed by atoms with Crippen molar-refractivity contribution in [2.45, 2.75) is 6.54 Å². The summed E-state index contributed by atoms with van der Waals surface area (Å²) in [5, 5.41) is 3.95. The zero-order valence-electron chi connectivity index (χ0n) is 10.8. The smallest absolute Gasteiger partial charge is 0.337 e. The fourth-order valence-corrected chi connectivity index (χ4v) is 2.15. The van der Waals surface area contributed by atoms with Gasteiger partial charge in [-0.3, -0.25) is 0 Å². The minimum atomic E-state index is -0.337. The lowest BCUT2D eigenvalue weighted by Gasteiger charge is -2.08. The standard InChI is InChI=1S/C15H13BrClNO2/c1-20-15(19)11-3-5-12(6-4-11)18-9-10-2-7-13(16)14(17)8-10/h2-8,18H,9H2,1H3. The summed E-state index contributed by atoms with van der Waals surface area (Å²) >= 11 is 9.40. The number of benzene rings is 2. The summed E-state index contributed by atoms with van der Waals surface area (Å²) in [5.74, 6) is -0.337. The van der Waals surface area contributed by atoms with Crippen LogP contribution in [-0.4, -0.2) is 13.1 Å². The largest absolute Gasteiger partial charge is 0.465 e. The number of esters is 1. The first kappa shape index (κ1) is 14.9. The maximum Gasteiger partial charge on any atom is 0.337 e. The van der Waals surface area contributed by atoms with Gasteiger partial charge in [0.1, 0.15) is 0 Å². The average Bonchev–Trinajstić information content (AvgIpc) is 2.48. The van der Waals surface area contributed by atoms with E-state index < -0.39 is 0 Å². The van der Waals surface area contributed by atoms with Gasteiger partial charge in [0, 0.05) is 16.7 Å². The Labute approximate surface area is 131 Å². The zero-order valence-corrected chi connectivity index (χ0v) is 13.2. The van der Waals surface area contributed by atoms with Gasteiger partial charge in [-0.1, -0.05) is 17.7 Å². The Kier molecular flexibility index (Phi) is 5.04. The third-order valence-corrected chi connectivity index (χ3v) is 4.02. The highest BCUT2D eigenvalue weighted by Crippen LogP contribution is 2.23. The average molecular weight is 355 g/mol. The molecule has 3 nitrogen and oxygen atoms in total. The molecule has 20 heavy (non-hydrogen) atoms. The highest BCUT2D eigenvalue weighted by Gasteiger charge is 2.04. The topological polar surface area (TPSA) is 38.3 Å². The Morgan fingerprint density at radius 3 is 2.55 bits per heavy atom.